The minimum Gasteiger partial charge on any atom is -0.381 e. The van der Waals surface area contributed by atoms with E-state index in [0.717, 1.165) is 25.7 Å². The second-order valence-electron chi connectivity index (χ2n) is 5.23. The Hall–Kier alpha value is -0.0800. The van der Waals surface area contributed by atoms with E-state index in [1.807, 2.05) is 0 Å². The molecular formula is C11H23NO. The van der Waals surface area contributed by atoms with E-state index in [9.17, 15) is 0 Å². The average Bonchev–Trinajstić information content (AvgIpc) is 2.50. The zero-order valence-electron chi connectivity index (χ0n) is 9.39. The van der Waals surface area contributed by atoms with Gasteiger partial charge in [0, 0.05) is 19.2 Å². The highest BCUT2D eigenvalue weighted by Gasteiger charge is 2.22. The molecule has 2 atom stereocenters. The van der Waals surface area contributed by atoms with Crippen LogP contribution in [-0.2, 0) is 4.74 Å². The molecule has 78 valence electrons. The minimum absolute atomic E-state index is 0.361. The van der Waals surface area contributed by atoms with Crippen molar-refractivity contribution in [3.05, 3.63) is 0 Å². The van der Waals surface area contributed by atoms with Crippen LogP contribution in [0.2, 0.25) is 0 Å². The molecule has 1 saturated heterocycles. The van der Waals surface area contributed by atoms with Crippen molar-refractivity contribution in [3.63, 3.8) is 0 Å². The summed E-state index contributed by atoms with van der Waals surface area (Å²) in [5.41, 5.74) is 0.361. The van der Waals surface area contributed by atoms with Gasteiger partial charge in [-0.2, -0.15) is 0 Å². The normalized spacial score (nSPS) is 26.3. The molecule has 0 bridgehead atoms. The van der Waals surface area contributed by atoms with Gasteiger partial charge in [-0.1, -0.05) is 20.8 Å². The number of hydrogen-bond acceptors (Lipinski definition) is 2. The lowest BCUT2D eigenvalue weighted by molar-refractivity contribution is 0.182. The molecular weight excluding hydrogens is 162 g/mol. The first kappa shape index (κ1) is 11.0. The van der Waals surface area contributed by atoms with Crippen LogP contribution in [0.5, 0.6) is 0 Å². The molecule has 0 aromatic rings. The van der Waals surface area contributed by atoms with Crippen LogP contribution in [-0.4, -0.2) is 25.8 Å². The molecule has 1 aliphatic rings. The lowest BCUT2D eigenvalue weighted by Crippen LogP contribution is -2.40. The monoisotopic (exact) mass is 185 g/mol. The summed E-state index contributed by atoms with van der Waals surface area (Å²) in [7, 11) is 0. The summed E-state index contributed by atoms with van der Waals surface area (Å²) in [6.45, 7) is 12.1. The smallest absolute Gasteiger partial charge is 0.0507 e. The van der Waals surface area contributed by atoms with Gasteiger partial charge in [0.2, 0.25) is 0 Å². The maximum Gasteiger partial charge on any atom is 0.0507 e. The predicted molar refractivity (Wildman–Crippen MR) is 55.8 cm³/mol. The van der Waals surface area contributed by atoms with Crippen LogP contribution < -0.4 is 5.32 Å². The average molecular weight is 185 g/mol. The third-order valence-electron chi connectivity index (χ3n) is 3.04. The van der Waals surface area contributed by atoms with E-state index in [2.05, 4.69) is 33.0 Å². The first-order valence-electron chi connectivity index (χ1n) is 5.31. The molecule has 1 heterocycles. The van der Waals surface area contributed by atoms with E-state index in [-0.39, 0.29) is 0 Å². The third-order valence-corrected chi connectivity index (χ3v) is 3.04. The van der Waals surface area contributed by atoms with Crippen molar-refractivity contribution in [2.45, 2.75) is 40.2 Å². The second-order valence-corrected chi connectivity index (χ2v) is 5.23. The van der Waals surface area contributed by atoms with Gasteiger partial charge < -0.3 is 10.1 Å². The molecule has 1 aliphatic heterocycles. The molecule has 0 saturated carbocycles. The van der Waals surface area contributed by atoms with E-state index >= 15 is 0 Å². The SMILES string of the molecule is CC(NCC1CCOC1)C(C)(C)C. The van der Waals surface area contributed by atoms with Gasteiger partial charge >= 0.3 is 0 Å². The molecule has 0 spiro atoms. The molecule has 0 amide bonds. The lowest BCUT2D eigenvalue weighted by Gasteiger charge is -2.29. The molecule has 1 rings (SSSR count). The van der Waals surface area contributed by atoms with Gasteiger partial charge in [-0.15, -0.1) is 0 Å². The van der Waals surface area contributed by atoms with Crippen LogP contribution in [0.15, 0.2) is 0 Å². The van der Waals surface area contributed by atoms with Gasteiger partial charge in [-0.05, 0) is 24.7 Å². The summed E-state index contributed by atoms with van der Waals surface area (Å²) >= 11 is 0. The Balaban J connectivity index is 2.17. The number of nitrogens with one attached hydrogen (secondary N) is 1. The van der Waals surface area contributed by atoms with Crippen LogP contribution in [0.1, 0.15) is 34.1 Å². The van der Waals surface area contributed by atoms with Gasteiger partial charge in [-0.25, -0.2) is 0 Å². The molecule has 0 aliphatic carbocycles. The second kappa shape index (κ2) is 4.43. The molecule has 2 unspecified atom stereocenters. The minimum atomic E-state index is 0.361. The fraction of sp³-hybridized carbons (Fsp3) is 1.00. The van der Waals surface area contributed by atoms with Crippen LogP contribution in [0.4, 0.5) is 0 Å². The lowest BCUT2D eigenvalue weighted by atomic mass is 9.88. The summed E-state index contributed by atoms with van der Waals surface area (Å²) in [6, 6.07) is 0.577. The van der Waals surface area contributed by atoms with Crippen LogP contribution in [0.25, 0.3) is 0 Å². The summed E-state index contributed by atoms with van der Waals surface area (Å²) in [5, 5.41) is 3.58. The first-order chi connectivity index (χ1) is 6.00. The van der Waals surface area contributed by atoms with Crippen molar-refractivity contribution in [2.24, 2.45) is 11.3 Å². The van der Waals surface area contributed by atoms with Crippen LogP contribution in [0.3, 0.4) is 0 Å². The first-order valence-corrected chi connectivity index (χ1v) is 5.31. The largest absolute Gasteiger partial charge is 0.381 e. The molecule has 1 N–H and O–H groups in total. The van der Waals surface area contributed by atoms with E-state index in [1.165, 1.54) is 6.42 Å². The van der Waals surface area contributed by atoms with E-state index in [0.29, 0.717) is 11.5 Å². The van der Waals surface area contributed by atoms with Crippen molar-refractivity contribution < 1.29 is 4.74 Å². The Morgan fingerprint density at radius 2 is 2.15 bits per heavy atom. The Kier molecular flexibility index (Phi) is 3.74. The van der Waals surface area contributed by atoms with Crippen molar-refractivity contribution in [1.29, 1.82) is 0 Å². The Morgan fingerprint density at radius 3 is 2.62 bits per heavy atom. The quantitative estimate of drug-likeness (QED) is 0.726. The fourth-order valence-electron chi connectivity index (χ4n) is 1.39. The van der Waals surface area contributed by atoms with Gasteiger partial charge in [0.15, 0.2) is 0 Å². The molecule has 13 heavy (non-hydrogen) atoms. The summed E-state index contributed by atoms with van der Waals surface area (Å²) in [6.07, 6.45) is 1.23. The van der Waals surface area contributed by atoms with Gasteiger partial charge in [0.25, 0.3) is 0 Å². The molecule has 2 heteroatoms. The van der Waals surface area contributed by atoms with Gasteiger partial charge in [0.05, 0.1) is 6.61 Å². The predicted octanol–water partition coefficient (Wildman–Crippen LogP) is 2.05. The van der Waals surface area contributed by atoms with Crippen LogP contribution >= 0.6 is 0 Å². The van der Waals surface area contributed by atoms with Crippen molar-refractivity contribution in [2.75, 3.05) is 19.8 Å². The molecule has 0 aromatic carbocycles. The Labute approximate surface area is 82.0 Å². The molecule has 2 nitrogen and oxygen atoms in total. The molecule has 0 aromatic heterocycles. The fourth-order valence-corrected chi connectivity index (χ4v) is 1.39. The van der Waals surface area contributed by atoms with E-state index in [4.69, 9.17) is 4.74 Å². The third kappa shape index (κ3) is 3.65. The van der Waals surface area contributed by atoms with Crippen LogP contribution in [0, 0.1) is 11.3 Å². The summed E-state index contributed by atoms with van der Waals surface area (Å²) in [4.78, 5) is 0. The highest BCUT2D eigenvalue weighted by atomic mass is 16.5. The maximum atomic E-state index is 5.33. The maximum absolute atomic E-state index is 5.33. The number of ether oxygens (including phenoxy) is 1. The Bertz CT molecular complexity index is 145. The summed E-state index contributed by atoms with van der Waals surface area (Å²) < 4.78 is 5.33. The highest BCUT2D eigenvalue weighted by molar-refractivity contribution is 4.78. The topological polar surface area (TPSA) is 21.3 Å². The van der Waals surface area contributed by atoms with E-state index in [1.54, 1.807) is 0 Å². The molecule has 0 radical (unpaired) electrons. The summed E-state index contributed by atoms with van der Waals surface area (Å²) in [5.74, 6) is 0.741. The number of hydrogen-bond donors (Lipinski definition) is 1. The van der Waals surface area contributed by atoms with Crippen molar-refractivity contribution >= 4 is 0 Å². The Morgan fingerprint density at radius 1 is 1.46 bits per heavy atom. The highest BCUT2D eigenvalue weighted by Crippen LogP contribution is 2.19. The zero-order valence-corrected chi connectivity index (χ0v) is 9.39. The standard InChI is InChI=1S/C11H23NO/c1-9(11(2,3)4)12-7-10-5-6-13-8-10/h9-10,12H,5-8H2,1-4H3. The van der Waals surface area contributed by atoms with Crippen molar-refractivity contribution in [1.82, 2.24) is 5.32 Å². The zero-order chi connectivity index (χ0) is 9.90. The molecule has 1 fully saturated rings. The van der Waals surface area contributed by atoms with Crippen molar-refractivity contribution in [3.8, 4) is 0 Å². The van der Waals surface area contributed by atoms with Gasteiger partial charge in [0.1, 0.15) is 0 Å². The van der Waals surface area contributed by atoms with E-state index < -0.39 is 0 Å². The van der Waals surface area contributed by atoms with Gasteiger partial charge in [-0.3, -0.25) is 0 Å². The number of rotatable bonds is 3.